The van der Waals surface area contributed by atoms with Crippen LogP contribution >= 0.6 is 23.2 Å². The number of nitrogens with zero attached hydrogens (tertiary/aromatic N) is 2. The summed E-state index contributed by atoms with van der Waals surface area (Å²) in [5.41, 5.74) is 3.58. The second-order valence-corrected chi connectivity index (χ2v) is 15.1. The minimum absolute atomic E-state index is 0.0108. The van der Waals surface area contributed by atoms with E-state index < -0.39 is 28.5 Å². The van der Waals surface area contributed by atoms with Crippen LogP contribution in [0.4, 0.5) is 5.69 Å². The second-order valence-electron chi connectivity index (χ2n) is 12.4. The van der Waals surface area contributed by atoms with Gasteiger partial charge in [0.05, 0.1) is 20.6 Å². The van der Waals surface area contributed by atoms with E-state index >= 15 is 0 Å². The third-order valence-corrected chi connectivity index (χ3v) is 11.3. The molecule has 48 heavy (non-hydrogen) atoms. The molecule has 0 spiro atoms. The predicted molar refractivity (Wildman–Crippen MR) is 193 cm³/mol. The van der Waals surface area contributed by atoms with Crippen molar-refractivity contribution >= 4 is 50.7 Å². The van der Waals surface area contributed by atoms with Gasteiger partial charge in [-0.25, -0.2) is 8.42 Å². The molecule has 4 aromatic carbocycles. The van der Waals surface area contributed by atoms with Gasteiger partial charge in [0.2, 0.25) is 11.8 Å². The fourth-order valence-electron chi connectivity index (χ4n) is 6.25. The molecule has 0 bridgehead atoms. The lowest BCUT2D eigenvalue weighted by molar-refractivity contribution is -0.140. The highest BCUT2D eigenvalue weighted by atomic mass is 35.5. The van der Waals surface area contributed by atoms with Crippen LogP contribution in [0.25, 0.3) is 0 Å². The van der Waals surface area contributed by atoms with Crippen molar-refractivity contribution in [3.8, 4) is 0 Å². The molecule has 1 aliphatic carbocycles. The number of anilines is 1. The van der Waals surface area contributed by atoms with Crippen molar-refractivity contribution < 1.29 is 18.0 Å². The van der Waals surface area contributed by atoms with Gasteiger partial charge >= 0.3 is 0 Å². The summed E-state index contributed by atoms with van der Waals surface area (Å²) in [6.45, 7) is 3.24. The smallest absolute Gasteiger partial charge is 0.264 e. The molecule has 10 heteroatoms. The highest BCUT2D eigenvalue weighted by Crippen LogP contribution is 2.29. The van der Waals surface area contributed by atoms with Crippen LogP contribution in [-0.4, -0.2) is 43.8 Å². The first-order chi connectivity index (χ1) is 23.0. The zero-order chi connectivity index (χ0) is 34.3. The molecule has 7 nitrogen and oxygen atoms in total. The Bertz CT molecular complexity index is 1830. The number of aryl methyl sites for hydroxylation is 2. The van der Waals surface area contributed by atoms with Crippen molar-refractivity contribution in [3.05, 3.63) is 129 Å². The minimum atomic E-state index is -4.18. The summed E-state index contributed by atoms with van der Waals surface area (Å²) in [6, 6.07) is 27.2. The third kappa shape index (κ3) is 8.78. The summed E-state index contributed by atoms with van der Waals surface area (Å²) in [5.74, 6) is -0.802. The second kappa shape index (κ2) is 16.0. The van der Waals surface area contributed by atoms with Gasteiger partial charge in [0.25, 0.3) is 10.0 Å². The van der Waals surface area contributed by atoms with E-state index in [9.17, 15) is 18.0 Å². The number of hydrogen-bond donors (Lipinski definition) is 1. The van der Waals surface area contributed by atoms with E-state index in [1.54, 1.807) is 42.5 Å². The zero-order valence-electron chi connectivity index (χ0n) is 27.2. The van der Waals surface area contributed by atoms with Crippen molar-refractivity contribution in [3.63, 3.8) is 0 Å². The molecule has 2 amide bonds. The van der Waals surface area contributed by atoms with Crippen LogP contribution in [0.3, 0.4) is 0 Å². The summed E-state index contributed by atoms with van der Waals surface area (Å²) in [6.07, 6.45) is 5.18. The molecule has 0 aliphatic heterocycles. The molecule has 0 heterocycles. The van der Waals surface area contributed by atoms with Crippen molar-refractivity contribution in [1.29, 1.82) is 0 Å². The van der Waals surface area contributed by atoms with E-state index in [0.29, 0.717) is 26.9 Å². The van der Waals surface area contributed by atoms with Crippen LogP contribution in [0.2, 0.25) is 10.0 Å². The van der Waals surface area contributed by atoms with Crippen LogP contribution in [0.15, 0.2) is 102 Å². The molecule has 1 fully saturated rings. The van der Waals surface area contributed by atoms with E-state index in [2.05, 4.69) is 5.32 Å². The van der Waals surface area contributed by atoms with Gasteiger partial charge in [-0.1, -0.05) is 115 Å². The largest absolute Gasteiger partial charge is 0.352 e. The number of carbonyl (C=O) groups excluding carboxylic acids is 2. The van der Waals surface area contributed by atoms with Crippen molar-refractivity contribution in [2.24, 2.45) is 0 Å². The number of rotatable bonds is 12. The topological polar surface area (TPSA) is 86.8 Å². The Morgan fingerprint density at radius 2 is 1.48 bits per heavy atom. The minimum Gasteiger partial charge on any atom is -0.352 e. The highest BCUT2D eigenvalue weighted by molar-refractivity contribution is 7.92. The lowest BCUT2D eigenvalue weighted by Crippen LogP contribution is -2.55. The Morgan fingerprint density at radius 3 is 2.12 bits per heavy atom. The van der Waals surface area contributed by atoms with Crippen LogP contribution in [-0.2, 0) is 32.6 Å². The fourth-order valence-corrected chi connectivity index (χ4v) is 8.07. The van der Waals surface area contributed by atoms with Gasteiger partial charge in [-0.05, 0) is 73.7 Å². The lowest BCUT2D eigenvalue weighted by Gasteiger charge is -2.35. The number of halogens is 2. The van der Waals surface area contributed by atoms with Crippen LogP contribution in [0.5, 0.6) is 0 Å². The van der Waals surface area contributed by atoms with E-state index in [1.807, 2.05) is 56.3 Å². The number of carbonyl (C=O) groups is 2. The normalized spacial score (nSPS) is 14.2. The van der Waals surface area contributed by atoms with Gasteiger partial charge in [-0.15, -0.1) is 0 Å². The first-order valence-corrected chi connectivity index (χ1v) is 18.5. The molecular formula is C38H41Cl2N3O4S. The Hall–Kier alpha value is -3.85. The average Bonchev–Trinajstić information content (AvgIpc) is 3.08. The summed E-state index contributed by atoms with van der Waals surface area (Å²) in [7, 11) is -4.18. The van der Waals surface area contributed by atoms with Crippen molar-refractivity contribution in [2.75, 3.05) is 10.8 Å². The molecule has 0 aromatic heterocycles. The van der Waals surface area contributed by atoms with Gasteiger partial charge < -0.3 is 10.2 Å². The van der Waals surface area contributed by atoms with E-state index in [1.165, 1.54) is 17.0 Å². The highest BCUT2D eigenvalue weighted by Gasteiger charge is 2.36. The molecule has 252 valence electrons. The SMILES string of the molecule is Cc1ccc(N(CC(=O)N(Cc2ccc(Cl)c(Cl)c2)[C@H](Cc2ccccc2)C(=O)NC2CCCCC2)S(=O)(=O)c2ccccc2)c(C)c1. The Labute approximate surface area is 293 Å². The molecule has 4 aromatic rings. The van der Waals surface area contributed by atoms with Crippen molar-refractivity contribution in [2.45, 2.75) is 75.9 Å². The molecule has 1 N–H and O–H groups in total. The predicted octanol–water partition coefficient (Wildman–Crippen LogP) is 7.89. The number of hydrogen-bond acceptors (Lipinski definition) is 4. The lowest BCUT2D eigenvalue weighted by atomic mass is 9.94. The fraction of sp³-hybridized carbons (Fsp3) is 0.316. The van der Waals surface area contributed by atoms with Crippen molar-refractivity contribution in [1.82, 2.24) is 10.2 Å². The Kier molecular flexibility index (Phi) is 11.8. The third-order valence-electron chi connectivity index (χ3n) is 8.79. The molecular weight excluding hydrogens is 665 g/mol. The maximum atomic E-state index is 14.7. The number of nitrogens with one attached hydrogen (secondary N) is 1. The molecule has 1 atom stereocenters. The van der Waals surface area contributed by atoms with E-state index in [4.69, 9.17) is 23.2 Å². The average molecular weight is 707 g/mol. The molecule has 0 unspecified atom stereocenters. The Morgan fingerprint density at radius 1 is 0.812 bits per heavy atom. The summed E-state index contributed by atoms with van der Waals surface area (Å²) >= 11 is 12.6. The molecule has 1 saturated carbocycles. The first-order valence-electron chi connectivity index (χ1n) is 16.3. The monoisotopic (exact) mass is 705 g/mol. The van der Waals surface area contributed by atoms with Crippen LogP contribution < -0.4 is 9.62 Å². The summed E-state index contributed by atoms with van der Waals surface area (Å²) in [4.78, 5) is 30.6. The number of benzene rings is 4. The van der Waals surface area contributed by atoms with Gasteiger partial charge in [0, 0.05) is 19.0 Å². The van der Waals surface area contributed by atoms with Gasteiger partial charge in [0.1, 0.15) is 12.6 Å². The maximum absolute atomic E-state index is 14.7. The van der Waals surface area contributed by atoms with E-state index in [-0.39, 0.29) is 29.8 Å². The maximum Gasteiger partial charge on any atom is 0.264 e. The summed E-state index contributed by atoms with van der Waals surface area (Å²) < 4.78 is 29.7. The standard InChI is InChI=1S/C38H41Cl2N3O4S/c1-27-18-21-35(28(2)22-27)43(48(46,47)32-16-10-5-11-17-32)26-37(44)42(25-30-19-20-33(39)34(40)23-30)36(24-29-12-6-3-7-13-29)38(45)41-31-14-8-4-9-15-31/h3,5-7,10-13,16-23,31,36H,4,8-9,14-15,24-26H2,1-2H3,(H,41,45)/t36-/m1/s1. The van der Waals surface area contributed by atoms with Gasteiger partial charge in [0.15, 0.2) is 0 Å². The first kappa shape index (κ1) is 35.5. The molecule has 0 radical (unpaired) electrons. The van der Waals surface area contributed by atoms with Crippen LogP contribution in [0, 0.1) is 13.8 Å². The quantitative estimate of drug-likeness (QED) is 0.162. The molecule has 1 aliphatic rings. The Balaban J connectivity index is 1.59. The van der Waals surface area contributed by atoms with Gasteiger partial charge in [-0.3, -0.25) is 13.9 Å². The molecule has 0 saturated heterocycles. The van der Waals surface area contributed by atoms with E-state index in [0.717, 1.165) is 47.5 Å². The number of amides is 2. The molecule has 5 rings (SSSR count). The van der Waals surface area contributed by atoms with Gasteiger partial charge in [-0.2, -0.15) is 0 Å². The summed E-state index contributed by atoms with van der Waals surface area (Å²) in [5, 5.41) is 3.91. The zero-order valence-corrected chi connectivity index (χ0v) is 29.6. The number of sulfonamides is 1. The van der Waals surface area contributed by atoms with Crippen LogP contribution in [0.1, 0.15) is 54.4 Å².